The Labute approximate surface area is 97.6 Å². The highest BCUT2D eigenvalue weighted by Crippen LogP contribution is 2.30. The lowest BCUT2D eigenvalue weighted by Crippen LogP contribution is -2.42. The van der Waals surface area contributed by atoms with Crippen LogP contribution in [0.15, 0.2) is 18.2 Å². The molecule has 90 valence electrons. The maximum absolute atomic E-state index is 11.6. The Hall–Kier alpha value is -2.08. The predicted octanol–water partition coefficient (Wildman–Crippen LogP) is 0.764. The molecule has 1 aromatic carbocycles. The molecule has 0 bridgehead atoms. The van der Waals surface area contributed by atoms with E-state index in [1.807, 2.05) is 0 Å². The van der Waals surface area contributed by atoms with Crippen molar-refractivity contribution >= 4 is 23.3 Å². The number of fused-ring (bicyclic) bond motifs is 1. The summed E-state index contributed by atoms with van der Waals surface area (Å²) in [5, 5.41) is 14.6. The number of amides is 1. The van der Waals surface area contributed by atoms with E-state index in [4.69, 9.17) is 9.84 Å². The summed E-state index contributed by atoms with van der Waals surface area (Å²) in [7, 11) is 1.48. The average molecular weight is 236 g/mol. The van der Waals surface area contributed by atoms with Crippen LogP contribution in [0.1, 0.15) is 10.4 Å². The number of para-hydroxylation sites is 1. The summed E-state index contributed by atoms with van der Waals surface area (Å²) in [6.07, 6.45) is 0. The van der Waals surface area contributed by atoms with E-state index >= 15 is 0 Å². The van der Waals surface area contributed by atoms with Crippen LogP contribution >= 0.6 is 0 Å². The smallest absolute Gasteiger partial charge is 0.337 e. The lowest BCUT2D eigenvalue weighted by Gasteiger charge is -2.27. The summed E-state index contributed by atoms with van der Waals surface area (Å²) in [6, 6.07) is 4.14. The Balaban J connectivity index is 2.39. The molecule has 17 heavy (non-hydrogen) atoms. The molecule has 1 aliphatic rings. The van der Waals surface area contributed by atoms with E-state index in [2.05, 4.69) is 10.6 Å². The van der Waals surface area contributed by atoms with E-state index in [0.717, 1.165) is 0 Å². The second-order valence-corrected chi connectivity index (χ2v) is 3.67. The van der Waals surface area contributed by atoms with Crippen LogP contribution in [0.3, 0.4) is 0 Å². The Bertz CT molecular complexity index is 473. The van der Waals surface area contributed by atoms with Crippen molar-refractivity contribution < 1.29 is 19.4 Å². The van der Waals surface area contributed by atoms with Gasteiger partial charge in [0.05, 0.1) is 23.5 Å². The maximum atomic E-state index is 11.6. The van der Waals surface area contributed by atoms with Crippen LogP contribution in [0.2, 0.25) is 0 Å². The molecule has 6 heteroatoms. The number of carbonyl (C=O) groups is 2. The van der Waals surface area contributed by atoms with Crippen LogP contribution in [0.5, 0.6) is 0 Å². The Morgan fingerprint density at radius 3 is 2.94 bits per heavy atom. The lowest BCUT2D eigenvalue weighted by atomic mass is 10.1. The molecule has 1 unspecified atom stereocenters. The van der Waals surface area contributed by atoms with Gasteiger partial charge in [0.25, 0.3) is 0 Å². The molecule has 0 aromatic heterocycles. The number of carboxylic acids is 1. The topological polar surface area (TPSA) is 87.7 Å². The Morgan fingerprint density at radius 2 is 2.29 bits per heavy atom. The van der Waals surface area contributed by atoms with E-state index < -0.39 is 12.0 Å². The minimum absolute atomic E-state index is 0.128. The summed E-state index contributed by atoms with van der Waals surface area (Å²) < 4.78 is 4.90. The summed E-state index contributed by atoms with van der Waals surface area (Å²) in [6.45, 7) is 0.180. The van der Waals surface area contributed by atoms with Gasteiger partial charge in [-0.1, -0.05) is 6.07 Å². The fourth-order valence-corrected chi connectivity index (χ4v) is 1.73. The van der Waals surface area contributed by atoms with E-state index in [1.54, 1.807) is 12.1 Å². The Kier molecular flexibility index (Phi) is 2.97. The fraction of sp³-hybridized carbons (Fsp3) is 0.273. The van der Waals surface area contributed by atoms with Crippen LogP contribution < -0.4 is 10.6 Å². The molecule has 0 aliphatic carbocycles. The number of carboxylic acid groups (broad SMARTS) is 1. The summed E-state index contributed by atoms with van der Waals surface area (Å²) in [5.41, 5.74) is 1.02. The zero-order valence-electron chi connectivity index (χ0n) is 9.19. The second kappa shape index (κ2) is 4.42. The van der Waals surface area contributed by atoms with Crippen LogP contribution in [-0.2, 0) is 9.53 Å². The minimum Gasteiger partial charge on any atom is -0.478 e. The average Bonchev–Trinajstić information content (AvgIpc) is 2.29. The highest BCUT2D eigenvalue weighted by Gasteiger charge is 2.28. The molecule has 1 amide bonds. The molecule has 1 atom stereocenters. The van der Waals surface area contributed by atoms with E-state index in [0.29, 0.717) is 11.4 Å². The van der Waals surface area contributed by atoms with Crippen molar-refractivity contribution in [2.24, 2.45) is 0 Å². The van der Waals surface area contributed by atoms with Crippen molar-refractivity contribution in [1.29, 1.82) is 0 Å². The molecule has 0 fully saturated rings. The zero-order chi connectivity index (χ0) is 12.4. The SMILES string of the molecule is COCC1Nc2c(cccc2C(=O)O)NC1=O. The third-order valence-corrected chi connectivity index (χ3v) is 2.52. The van der Waals surface area contributed by atoms with Gasteiger partial charge in [-0.25, -0.2) is 4.79 Å². The number of methoxy groups -OCH3 is 1. The molecule has 0 radical (unpaired) electrons. The van der Waals surface area contributed by atoms with Crippen molar-refractivity contribution in [3.8, 4) is 0 Å². The lowest BCUT2D eigenvalue weighted by molar-refractivity contribution is -0.118. The quantitative estimate of drug-likeness (QED) is 0.721. The van der Waals surface area contributed by atoms with Crippen LogP contribution in [0, 0.1) is 0 Å². The largest absolute Gasteiger partial charge is 0.478 e. The molecule has 0 saturated heterocycles. The van der Waals surface area contributed by atoms with Gasteiger partial charge in [0.1, 0.15) is 6.04 Å². The maximum Gasteiger partial charge on any atom is 0.337 e. The molecule has 0 spiro atoms. The van der Waals surface area contributed by atoms with Gasteiger partial charge in [-0.15, -0.1) is 0 Å². The van der Waals surface area contributed by atoms with Gasteiger partial charge in [-0.2, -0.15) is 0 Å². The molecular formula is C11H12N2O4. The summed E-state index contributed by atoms with van der Waals surface area (Å²) in [5.74, 6) is -1.27. The van der Waals surface area contributed by atoms with Crippen molar-refractivity contribution in [3.05, 3.63) is 23.8 Å². The number of nitrogens with one attached hydrogen (secondary N) is 2. The van der Waals surface area contributed by atoms with Gasteiger partial charge in [-0.3, -0.25) is 4.79 Å². The van der Waals surface area contributed by atoms with Gasteiger partial charge in [0.15, 0.2) is 0 Å². The number of anilines is 2. The van der Waals surface area contributed by atoms with E-state index in [9.17, 15) is 9.59 Å². The van der Waals surface area contributed by atoms with Crippen LogP contribution in [-0.4, -0.2) is 36.7 Å². The van der Waals surface area contributed by atoms with Crippen molar-refractivity contribution in [2.45, 2.75) is 6.04 Å². The van der Waals surface area contributed by atoms with Gasteiger partial charge in [-0.05, 0) is 12.1 Å². The first-order valence-corrected chi connectivity index (χ1v) is 5.06. The fourth-order valence-electron chi connectivity index (χ4n) is 1.73. The van der Waals surface area contributed by atoms with E-state index in [-0.39, 0.29) is 18.1 Å². The highest BCUT2D eigenvalue weighted by atomic mass is 16.5. The molecule has 1 heterocycles. The van der Waals surface area contributed by atoms with Crippen molar-refractivity contribution in [1.82, 2.24) is 0 Å². The molecule has 3 N–H and O–H groups in total. The highest BCUT2D eigenvalue weighted by molar-refractivity contribution is 6.08. The molecule has 1 aromatic rings. The van der Waals surface area contributed by atoms with Crippen molar-refractivity contribution in [3.63, 3.8) is 0 Å². The Morgan fingerprint density at radius 1 is 1.53 bits per heavy atom. The number of hydrogen-bond acceptors (Lipinski definition) is 4. The van der Waals surface area contributed by atoms with Gasteiger partial charge in [0.2, 0.25) is 5.91 Å². The molecule has 6 nitrogen and oxygen atoms in total. The third kappa shape index (κ3) is 2.07. The first-order valence-electron chi connectivity index (χ1n) is 5.06. The number of ether oxygens (including phenoxy) is 1. The zero-order valence-corrected chi connectivity index (χ0v) is 9.19. The number of rotatable bonds is 3. The van der Waals surface area contributed by atoms with Crippen molar-refractivity contribution in [2.75, 3.05) is 24.4 Å². The first kappa shape index (κ1) is 11.4. The number of aromatic carboxylic acids is 1. The summed E-state index contributed by atoms with van der Waals surface area (Å²) >= 11 is 0. The summed E-state index contributed by atoms with van der Waals surface area (Å²) in [4.78, 5) is 22.7. The monoisotopic (exact) mass is 236 g/mol. The number of hydrogen-bond donors (Lipinski definition) is 3. The van der Waals surface area contributed by atoms with Crippen LogP contribution in [0.25, 0.3) is 0 Å². The predicted molar refractivity (Wildman–Crippen MR) is 61.3 cm³/mol. The van der Waals surface area contributed by atoms with Gasteiger partial charge < -0.3 is 20.5 Å². The molecule has 2 rings (SSSR count). The molecule has 1 aliphatic heterocycles. The van der Waals surface area contributed by atoms with E-state index in [1.165, 1.54) is 13.2 Å². The second-order valence-electron chi connectivity index (χ2n) is 3.67. The number of carbonyl (C=O) groups excluding carboxylic acids is 1. The van der Waals surface area contributed by atoms with Gasteiger partial charge >= 0.3 is 5.97 Å². The first-order chi connectivity index (χ1) is 8.13. The van der Waals surface area contributed by atoms with Gasteiger partial charge in [0, 0.05) is 7.11 Å². The third-order valence-electron chi connectivity index (χ3n) is 2.52. The standard InChI is InChI=1S/C11H12N2O4/c1-17-5-8-10(14)13-7-4-2-3-6(11(15)16)9(7)12-8/h2-4,8,12H,5H2,1H3,(H,13,14)(H,15,16). The van der Waals surface area contributed by atoms with Crippen LogP contribution in [0.4, 0.5) is 11.4 Å². The molecular weight excluding hydrogens is 224 g/mol. The number of benzene rings is 1. The normalized spacial score (nSPS) is 17.9. The minimum atomic E-state index is -1.04. The molecule has 0 saturated carbocycles.